The van der Waals surface area contributed by atoms with Crippen LogP contribution in [0.5, 0.6) is 0 Å². The van der Waals surface area contributed by atoms with Crippen LogP contribution in [0.1, 0.15) is 12.8 Å². The standard InChI is InChI=1S/C11H20N2O3/c1-16-6-4-12-11(15)8-13-5-2-3-10(7-13)9-14/h9-10H,2-8H2,1H3,(H,12,15). The minimum absolute atomic E-state index is 0.00333. The topological polar surface area (TPSA) is 58.6 Å². The van der Waals surface area contributed by atoms with Gasteiger partial charge in [-0.2, -0.15) is 0 Å². The summed E-state index contributed by atoms with van der Waals surface area (Å²) in [6.07, 6.45) is 2.94. The Morgan fingerprint density at radius 2 is 2.44 bits per heavy atom. The van der Waals surface area contributed by atoms with Crippen LogP contribution in [0, 0.1) is 5.92 Å². The Labute approximate surface area is 96.1 Å². The molecule has 1 saturated heterocycles. The van der Waals surface area contributed by atoms with Crippen molar-refractivity contribution in [3.05, 3.63) is 0 Å². The fraction of sp³-hybridized carbons (Fsp3) is 0.818. The van der Waals surface area contributed by atoms with Crippen LogP contribution >= 0.6 is 0 Å². The van der Waals surface area contributed by atoms with E-state index in [2.05, 4.69) is 5.32 Å². The second-order valence-corrected chi connectivity index (χ2v) is 4.12. The normalized spacial score (nSPS) is 21.7. The van der Waals surface area contributed by atoms with Gasteiger partial charge >= 0.3 is 0 Å². The zero-order chi connectivity index (χ0) is 11.8. The predicted octanol–water partition coefficient (Wildman–Crippen LogP) is -0.340. The molecule has 1 fully saturated rings. The molecule has 0 aliphatic carbocycles. The van der Waals surface area contributed by atoms with Crippen molar-refractivity contribution in [1.82, 2.24) is 10.2 Å². The second-order valence-electron chi connectivity index (χ2n) is 4.12. The first-order valence-electron chi connectivity index (χ1n) is 5.69. The van der Waals surface area contributed by atoms with E-state index >= 15 is 0 Å². The number of piperidine rings is 1. The first kappa shape index (κ1) is 13.1. The Kier molecular flexibility index (Phi) is 6.03. The summed E-state index contributed by atoms with van der Waals surface area (Å²) in [6, 6.07) is 0. The van der Waals surface area contributed by atoms with E-state index in [1.807, 2.05) is 4.90 Å². The van der Waals surface area contributed by atoms with E-state index in [1.165, 1.54) is 0 Å². The number of rotatable bonds is 6. The lowest BCUT2D eigenvalue weighted by molar-refractivity contribution is -0.123. The third-order valence-electron chi connectivity index (χ3n) is 2.73. The lowest BCUT2D eigenvalue weighted by Gasteiger charge is -2.29. The van der Waals surface area contributed by atoms with E-state index in [0.29, 0.717) is 26.2 Å². The highest BCUT2D eigenvalue weighted by Crippen LogP contribution is 2.13. The molecular formula is C11H20N2O3. The van der Waals surface area contributed by atoms with Gasteiger partial charge in [-0.25, -0.2) is 0 Å². The van der Waals surface area contributed by atoms with E-state index in [9.17, 15) is 9.59 Å². The number of hydrogen-bond acceptors (Lipinski definition) is 4. The van der Waals surface area contributed by atoms with Crippen molar-refractivity contribution < 1.29 is 14.3 Å². The fourth-order valence-electron chi connectivity index (χ4n) is 1.90. The van der Waals surface area contributed by atoms with Gasteiger partial charge in [-0.05, 0) is 19.4 Å². The first-order valence-corrected chi connectivity index (χ1v) is 5.69. The lowest BCUT2D eigenvalue weighted by Crippen LogP contribution is -2.43. The van der Waals surface area contributed by atoms with Crippen molar-refractivity contribution >= 4 is 12.2 Å². The third-order valence-corrected chi connectivity index (χ3v) is 2.73. The number of likely N-dealkylation sites (tertiary alicyclic amines) is 1. The number of nitrogens with zero attached hydrogens (tertiary/aromatic N) is 1. The van der Waals surface area contributed by atoms with Crippen LogP contribution < -0.4 is 5.32 Å². The van der Waals surface area contributed by atoms with Crippen LogP contribution in [0.4, 0.5) is 0 Å². The highest BCUT2D eigenvalue weighted by atomic mass is 16.5. The molecule has 1 amide bonds. The van der Waals surface area contributed by atoms with E-state index in [0.717, 1.165) is 25.7 Å². The molecule has 1 aliphatic rings. The second kappa shape index (κ2) is 7.35. The minimum atomic E-state index is 0.00333. The summed E-state index contributed by atoms with van der Waals surface area (Å²) in [5, 5.41) is 2.77. The predicted molar refractivity (Wildman–Crippen MR) is 60.1 cm³/mol. The molecule has 0 aromatic heterocycles. The first-order chi connectivity index (χ1) is 7.76. The molecule has 1 rings (SSSR count). The maximum absolute atomic E-state index is 11.5. The molecule has 0 aromatic rings. The summed E-state index contributed by atoms with van der Waals surface area (Å²) in [7, 11) is 1.60. The molecule has 1 unspecified atom stereocenters. The SMILES string of the molecule is COCCNC(=O)CN1CCCC(C=O)C1. The average molecular weight is 228 g/mol. The van der Waals surface area contributed by atoms with Crippen LogP contribution in [0.2, 0.25) is 0 Å². The molecule has 5 heteroatoms. The van der Waals surface area contributed by atoms with Crippen LogP contribution in [0.3, 0.4) is 0 Å². The van der Waals surface area contributed by atoms with Crippen molar-refractivity contribution in [2.45, 2.75) is 12.8 Å². The maximum atomic E-state index is 11.5. The average Bonchev–Trinajstić information content (AvgIpc) is 2.29. The van der Waals surface area contributed by atoms with Gasteiger partial charge < -0.3 is 14.8 Å². The van der Waals surface area contributed by atoms with Crippen molar-refractivity contribution in [1.29, 1.82) is 0 Å². The van der Waals surface area contributed by atoms with E-state index in [1.54, 1.807) is 7.11 Å². The number of hydrogen-bond donors (Lipinski definition) is 1. The van der Waals surface area contributed by atoms with E-state index in [4.69, 9.17) is 4.74 Å². The molecule has 5 nitrogen and oxygen atoms in total. The van der Waals surface area contributed by atoms with Gasteiger partial charge in [0.15, 0.2) is 0 Å². The summed E-state index contributed by atoms with van der Waals surface area (Å²) in [5.41, 5.74) is 0. The number of amides is 1. The van der Waals surface area contributed by atoms with Gasteiger partial charge in [-0.3, -0.25) is 9.69 Å². The molecule has 92 valence electrons. The van der Waals surface area contributed by atoms with Gasteiger partial charge in [-0.1, -0.05) is 0 Å². The smallest absolute Gasteiger partial charge is 0.234 e. The quantitative estimate of drug-likeness (QED) is 0.499. The zero-order valence-electron chi connectivity index (χ0n) is 9.78. The van der Waals surface area contributed by atoms with E-state index in [-0.39, 0.29) is 11.8 Å². The molecule has 1 aliphatic heterocycles. The van der Waals surface area contributed by atoms with E-state index < -0.39 is 0 Å². The number of methoxy groups -OCH3 is 1. The number of aldehydes is 1. The summed E-state index contributed by atoms with van der Waals surface area (Å²) in [6.45, 7) is 3.07. The lowest BCUT2D eigenvalue weighted by atomic mass is 10.00. The van der Waals surface area contributed by atoms with Crippen molar-refractivity contribution in [2.24, 2.45) is 5.92 Å². The summed E-state index contributed by atoms with van der Waals surface area (Å²) in [4.78, 5) is 24.2. The summed E-state index contributed by atoms with van der Waals surface area (Å²) < 4.78 is 4.84. The molecule has 1 N–H and O–H groups in total. The van der Waals surface area contributed by atoms with Gasteiger partial charge in [0.1, 0.15) is 6.29 Å². The molecule has 0 bridgehead atoms. The fourth-order valence-corrected chi connectivity index (χ4v) is 1.90. The van der Waals surface area contributed by atoms with Crippen LogP contribution in [0.25, 0.3) is 0 Å². The van der Waals surface area contributed by atoms with Gasteiger partial charge in [0.2, 0.25) is 5.91 Å². The number of ether oxygens (including phenoxy) is 1. The highest BCUT2D eigenvalue weighted by Gasteiger charge is 2.20. The molecule has 1 atom stereocenters. The van der Waals surface area contributed by atoms with Crippen LogP contribution in [-0.4, -0.2) is 57.0 Å². The monoisotopic (exact) mass is 228 g/mol. The summed E-state index contributed by atoms with van der Waals surface area (Å²) >= 11 is 0. The molecule has 16 heavy (non-hydrogen) atoms. The number of nitrogens with one attached hydrogen (secondary N) is 1. The Morgan fingerprint density at radius 1 is 1.62 bits per heavy atom. The van der Waals surface area contributed by atoms with Crippen molar-refractivity contribution in [3.8, 4) is 0 Å². The molecular weight excluding hydrogens is 208 g/mol. The Morgan fingerprint density at radius 3 is 3.12 bits per heavy atom. The van der Waals surface area contributed by atoms with Crippen LogP contribution in [0.15, 0.2) is 0 Å². The Balaban J connectivity index is 2.19. The maximum Gasteiger partial charge on any atom is 0.234 e. The summed E-state index contributed by atoms with van der Waals surface area (Å²) in [5.74, 6) is 0.101. The van der Waals surface area contributed by atoms with Gasteiger partial charge in [0.25, 0.3) is 0 Å². The van der Waals surface area contributed by atoms with Gasteiger partial charge in [0, 0.05) is 26.1 Å². The van der Waals surface area contributed by atoms with Gasteiger partial charge in [0.05, 0.1) is 13.2 Å². The van der Waals surface area contributed by atoms with Crippen molar-refractivity contribution in [3.63, 3.8) is 0 Å². The van der Waals surface area contributed by atoms with Crippen molar-refractivity contribution in [2.75, 3.05) is 39.9 Å². The number of carbonyl (C=O) groups is 2. The molecule has 0 saturated carbocycles. The minimum Gasteiger partial charge on any atom is -0.383 e. The van der Waals surface area contributed by atoms with Gasteiger partial charge in [-0.15, -0.1) is 0 Å². The van der Waals surface area contributed by atoms with Crippen LogP contribution in [-0.2, 0) is 14.3 Å². The third kappa shape index (κ3) is 4.72. The molecule has 1 heterocycles. The Bertz CT molecular complexity index is 233. The zero-order valence-corrected chi connectivity index (χ0v) is 9.78. The Hall–Kier alpha value is -0.940. The molecule has 0 aromatic carbocycles. The molecule has 0 radical (unpaired) electrons. The highest BCUT2D eigenvalue weighted by molar-refractivity contribution is 5.78. The number of carbonyl (C=O) groups excluding carboxylic acids is 2. The molecule has 0 spiro atoms. The largest absolute Gasteiger partial charge is 0.383 e.